The first-order valence-corrected chi connectivity index (χ1v) is 10.1. The van der Waals surface area contributed by atoms with Crippen molar-refractivity contribution in [3.05, 3.63) is 105 Å². The van der Waals surface area contributed by atoms with E-state index in [1.54, 1.807) is 37.1 Å². The van der Waals surface area contributed by atoms with Crippen molar-refractivity contribution in [1.29, 1.82) is 0 Å². The molecule has 2 aromatic heterocycles. The molecule has 158 valence electrons. The van der Waals surface area contributed by atoms with Gasteiger partial charge in [0, 0.05) is 37.5 Å². The zero-order valence-electron chi connectivity index (χ0n) is 17.4. The van der Waals surface area contributed by atoms with Gasteiger partial charge < -0.3 is 4.90 Å². The van der Waals surface area contributed by atoms with Gasteiger partial charge in [-0.25, -0.2) is 13.9 Å². The van der Waals surface area contributed by atoms with E-state index in [4.69, 9.17) is 0 Å². The lowest BCUT2D eigenvalue weighted by Gasteiger charge is -2.16. The van der Waals surface area contributed by atoms with Crippen LogP contribution >= 0.6 is 0 Å². The van der Waals surface area contributed by atoms with E-state index in [1.807, 2.05) is 30.3 Å². The van der Waals surface area contributed by atoms with E-state index in [2.05, 4.69) is 10.1 Å². The van der Waals surface area contributed by atoms with Crippen LogP contribution in [0.3, 0.4) is 0 Å². The minimum Gasteiger partial charge on any atom is -0.341 e. The normalized spacial score (nSPS) is 11.1. The van der Waals surface area contributed by atoms with Crippen LogP contribution in [-0.4, -0.2) is 39.0 Å². The molecular formula is C24H23FN4O2. The number of aromatic amines is 1. The van der Waals surface area contributed by atoms with Crippen molar-refractivity contribution in [3.63, 3.8) is 0 Å². The molecule has 0 atom stereocenters. The molecule has 6 nitrogen and oxygen atoms in total. The van der Waals surface area contributed by atoms with Gasteiger partial charge in [-0.15, -0.1) is 0 Å². The molecule has 31 heavy (non-hydrogen) atoms. The maximum absolute atomic E-state index is 14.1. The van der Waals surface area contributed by atoms with Gasteiger partial charge in [-0.3, -0.25) is 14.7 Å². The van der Waals surface area contributed by atoms with Crippen LogP contribution in [0, 0.1) is 12.7 Å². The molecular weight excluding hydrogens is 395 g/mol. The summed E-state index contributed by atoms with van der Waals surface area (Å²) in [4.78, 5) is 32.1. The SMILES string of the molecule is Cc1nc2c(C(=O)N(C)CCc3ccccc3)c[nH]n2c(=O)c1Cc1ccccc1F. The fourth-order valence-corrected chi connectivity index (χ4v) is 3.60. The standard InChI is InChI=1S/C24H23FN4O2/c1-16-19(14-18-10-6-7-11-21(18)25)24(31)29-22(27-16)20(15-26-29)23(30)28(2)13-12-17-8-4-3-5-9-17/h3-11,15,26H,12-14H2,1-2H3. The second kappa shape index (κ2) is 8.55. The number of aryl methyl sites for hydroxylation is 1. The maximum atomic E-state index is 14.1. The third-order valence-electron chi connectivity index (χ3n) is 5.44. The average Bonchev–Trinajstić information content (AvgIpc) is 3.20. The number of carbonyl (C=O) groups excluding carboxylic acids is 1. The number of carbonyl (C=O) groups is 1. The lowest BCUT2D eigenvalue weighted by molar-refractivity contribution is 0.0798. The van der Waals surface area contributed by atoms with Crippen LogP contribution in [0.1, 0.15) is 32.7 Å². The Morgan fingerprint density at radius 2 is 1.84 bits per heavy atom. The second-order valence-corrected chi connectivity index (χ2v) is 7.56. The van der Waals surface area contributed by atoms with E-state index in [9.17, 15) is 14.0 Å². The lowest BCUT2D eigenvalue weighted by Crippen LogP contribution is -2.29. The first kappa shape index (κ1) is 20.5. The van der Waals surface area contributed by atoms with Gasteiger partial charge in [0.2, 0.25) is 0 Å². The Morgan fingerprint density at radius 3 is 2.58 bits per heavy atom. The van der Waals surface area contributed by atoms with Gasteiger partial charge >= 0.3 is 0 Å². The number of likely N-dealkylation sites (N-methyl/N-ethyl adjacent to an activating group) is 1. The van der Waals surface area contributed by atoms with Crippen molar-refractivity contribution < 1.29 is 9.18 Å². The van der Waals surface area contributed by atoms with E-state index in [0.717, 1.165) is 12.0 Å². The lowest BCUT2D eigenvalue weighted by atomic mass is 10.0. The number of nitrogens with one attached hydrogen (secondary N) is 1. The van der Waals surface area contributed by atoms with Crippen LogP contribution < -0.4 is 5.56 Å². The molecule has 0 aliphatic heterocycles. The van der Waals surface area contributed by atoms with Gasteiger partial charge in [0.15, 0.2) is 5.65 Å². The predicted octanol–water partition coefficient (Wildman–Crippen LogP) is 3.38. The van der Waals surface area contributed by atoms with Gasteiger partial charge in [-0.05, 0) is 30.5 Å². The van der Waals surface area contributed by atoms with Crippen LogP contribution in [0.2, 0.25) is 0 Å². The van der Waals surface area contributed by atoms with Crippen LogP contribution in [0.25, 0.3) is 5.65 Å². The van der Waals surface area contributed by atoms with Crippen molar-refractivity contribution >= 4 is 11.6 Å². The molecule has 0 unspecified atom stereocenters. The molecule has 0 radical (unpaired) electrons. The van der Waals surface area contributed by atoms with Crippen LogP contribution in [0.4, 0.5) is 4.39 Å². The topological polar surface area (TPSA) is 70.5 Å². The Hall–Kier alpha value is -3.74. The summed E-state index contributed by atoms with van der Waals surface area (Å²) in [6, 6.07) is 16.3. The first-order valence-electron chi connectivity index (χ1n) is 10.1. The molecule has 0 bridgehead atoms. The number of benzene rings is 2. The summed E-state index contributed by atoms with van der Waals surface area (Å²) in [7, 11) is 1.73. The first-order chi connectivity index (χ1) is 15.0. The van der Waals surface area contributed by atoms with E-state index in [0.29, 0.717) is 28.9 Å². The number of halogens is 1. The van der Waals surface area contributed by atoms with E-state index < -0.39 is 0 Å². The Kier molecular flexibility index (Phi) is 5.66. The molecule has 0 spiro atoms. The molecule has 4 aromatic rings. The Labute approximate surface area is 179 Å². The number of nitrogens with zero attached hydrogens (tertiary/aromatic N) is 3. The molecule has 1 amide bonds. The Balaban J connectivity index is 1.61. The average molecular weight is 418 g/mol. The number of H-pyrrole nitrogens is 1. The second-order valence-electron chi connectivity index (χ2n) is 7.56. The summed E-state index contributed by atoms with van der Waals surface area (Å²) in [5, 5.41) is 2.83. The Morgan fingerprint density at radius 1 is 1.13 bits per heavy atom. The summed E-state index contributed by atoms with van der Waals surface area (Å²) in [5.41, 5.74) is 2.70. The molecule has 1 N–H and O–H groups in total. The van der Waals surface area contributed by atoms with E-state index in [-0.39, 0.29) is 29.4 Å². The molecule has 0 aliphatic carbocycles. The van der Waals surface area contributed by atoms with Gasteiger partial charge in [-0.2, -0.15) is 0 Å². The number of aromatic nitrogens is 3. The summed E-state index contributed by atoms with van der Waals surface area (Å²) < 4.78 is 15.3. The van der Waals surface area contributed by atoms with Crippen LogP contribution in [0.5, 0.6) is 0 Å². The zero-order valence-corrected chi connectivity index (χ0v) is 17.4. The minimum absolute atomic E-state index is 0.132. The van der Waals surface area contributed by atoms with Crippen molar-refractivity contribution in [2.75, 3.05) is 13.6 Å². The predicted molar refractivity (Wildman–Crippen MR) is 117 cm³/mol. The molecule has 2 aromatic carbocycles. The van der Waals surface area contributed by atoms with Crippen LogP contribution in [-0.2, 0) is 12.8 Å². The maximum Gasteiger partial charge on any atom is 0.276 e. The molecule has 0 fully saturated rings. The van der Waals surface area contributed by atoms with E-state index in [1.165, 1.54) is 16.8 Å². The number of hydrogen-bond donors (Lipinski definition) is 1. The molecule has 0 aliphatic rings. The summed E-state index contributed by atoms with van der Waals surface area (Å²) in [5.74, 6) is -0.586. The molecule has 0 saturated heterocycles. The number of amides is 1. The summed E-state index contributed by atoms with van der Waals surface area (Å²) >= 11 is 0. The van der Waals surface area contributed by atoms with Crippen LogP contribution in [0.15, 0.2) is 65.6 Å². The number of hydrogen-bond acceptors (Lipinski definition) is 3. The number of fused-ring (bicyclic) bond motifs is 1. The molecule has 7 heteroatoms. The van der Waals surface area contributed by atoms with Crippen molar-refractivity contribution in [2.24, 2.45) is 0 Å². The zero-order chi connectivity index (χ0) is 22.0. The monoisotopic (exact) mass is 418 g/mol. The van der Waals surface area contributed by atoms with Gasteiger partial charge in [0.05, 0.1) is 0 Å². The summed E-state index contributed by atoms with van der Waals surface area (Å²) in [6.07, 6.45) is 2.36. The minimum atomic E-state index is -0.367. The highest BCUT2D eigenvalue weighted by atomic mass is 19.1. The highest BCUT2D eigenvalue weighted by molar-refractivity contribution is 5.99. The Bertz CT molecular complexity index is 1290. The smallest absolute Gasteiger partial charge is 0.276 e. The fourth-order valence-electron chi connectivity index (χ4n) is 3.60. The molecule has 0 saturated carbocycles. The van der Waals surface area contributed by atoms with Gasteiger partial charge in [-0.1, -0.05) is 48.5 Å². The van der Waals surface area contributed by atoms with E-state index >= 15 is 0 Å². The third-order valence-corrected chi connectivity index (χ3v) is 5.44. The highest BCUT2D eigenvalue weighted by Gasteiger charge is 2.21. The highest BCUT2D eigenvalue weighted by Crippen LogP contribution is 2.16. The summed E-state index contributed by atoms with van der Waals surface area (Å²) in [6.45, 7) is 2.24. The van der Waals surface area contributed by atoms with Gasteiger partial charge in [0.1, 0.15) is 11.4 Å². The fraction of sp³-hybridized carbons (Fsp3) is 0.208. The number of rotatable bonds is 6. The molecule has 4 rings (SSSR count). The van der Waals surface area contributed by atoms with Crippen molar-refractivity contribution in [3.8, 4) is 0 Å². The van der Waals surface area contributed by atoms with Crippen molar-refractivity contribution in [1.82, 2.24) is 19.5 Å². The van der Waals surface area contributed by atoms with Gasteiger partial charge in [0.25, 0.3) is 11.5 Å². The molecule has 2 heterocycles. The largest absolute Gasteiger partial charge is 0.341 e. The third kappa shape index (κ3) is 4.12. The quantitative estimate of drug-likeness (QED) is 0.522. The van der Waals surface area contributed by atoms with Crippen molar-refractivity contribution in [2.45, 2.75) is 19.8 Å².